The first-order chi connectivity index (χ1) is 5.61. The molecule has 1 aliphatic heterocycles. The van der Waals surface area contributed by atoms with Crippen molar-refractivity contribution in [2.75, 3.05) is 12.8 Å². The van der Waals surface area contributed by atoms with Crippen molar-refractivity contribution in [1.29, 1.82) is 0 Å². The molecule has 12 heavy (non-hydrogen) atoms. The van der Waals surface area contributed by atoms with Gasteiger partial charge in [0.05, 0.1) is 7.14 Å². The van der Waals surface area contributed by atoms with Crippen molar-refractivity contribution in [1.82, 2.24) is 0 Å². The first-order valence-corrected chi connectivity index (χ1v) is 7.75. The van der Waals surface area contributed by atoms with Gasteiger partial charge >= 0.3 is 0 Å². The van der Waals surface area contributed by atoms with Gasteiger partial charge in [-0.2, -0.15) is 0 Å². The van der Waals surface area contributed by atoms with Gasteiger partial charge in [0, 0.05) is 16.3 Å². The third-order valence-corrected chi connectivity index (χ3v) is 7.09. The molecule has 0 aromatic carbocycles. The van der Waals surface area contributed by atoms with Gasteiger partial charge in [-0.3, -0.25) is 0 Å². The topological polar surface area (TPSA) is 17.1 Å². The molecule has 0 radical (unpaired) electrons. The number of fused-ring (bicyclic) bond motifs is 1. The summed E-state index contributed by atoms with van der Waals surface area (Å²) in [5.74, 6) is 0. The fraction of sp³-hybridized carbons (Fsp3) is 0.778. The second-order valence-electron chi connectivity index (χ2n) is 4.02. The molecule has 0 N–H and O–H groups in total. The summed E-state index contributed by atoms with van der Waals surface area (Å²) in [6.45, 7) is 1.97. The van der Waals surface area contributed by atoms with E-state index in [0.717, 1.165) is 12.6 Å². The summed E-state index contributed by atoms with van der Waals surface area (Å²) in [5, 5.41) is 0. The van der Waals surface area contributed by atoms with Crippen LogP contribution in [0.2, 0.25) is 0 Å². The summed E-state index contributed by atoms with van der Waals surface area (Å²) in [6.07, 6.45) is 5.74. The molecule has 1 saturated carbocycles. The lowest BCUT2D eigenvalue weighted by atomic mass is 9.94. The van der Waals surface area contributed by atoms with Crippen molar-refractivity contribution < 1.29 is 4.57 Å². The highest BCUT2D eigenvalue weighted by Crippen LogP contribution is 2.62. The van der Waals surface area contributed by atoms with E-state index in [0.29, 0.717) is 5.66 Å². The average Bonchev–Trinajstić information content (AvgIpc) is 2.25. The molecule has 1 heterocycles. The maximum absolute atomic E-state index is 12.1. The van der Waals surface area contributed by atoms with Crippen LogP contribution in [0.5, 0.6) is 0 Å². The van der Waals surface area contributed by atoms with E-state index in [4.69, 9.17) is 0 Å². The van der Waals surface area contributed by atoms with Crippen LogP contribution >= 0.6 is 23.1 Å². The summed E-state index contributed by atoms with van der Waals surface area (Å²) in [6, 6.07) is 0. The van der Waals surface area contributed by atoms with Gasteiger partial charge in [0.1, 0.15) is 0 Å². The first kappa shape index (κ1) is 9.02. The van der Waals surface area contributed by atoms with Crippen molar-refractivity contribution in [3.63, 3.8) is 0 Å². The van der Waals surface area contributed by atoms with E-state index in [1.165, 1.54) is 29.3 Å². The molecule has 0 bridgehead atoms. The van der Waals surface area contributed by atoms with Gasteiger partial charge < -0.3 is 4.57 Å². The Balaban J connectivity index is 2.34. The molecule has 0 saturated heterocycles. The van der Waals surface area contributed by atoms with Crippen molar-refractivity contribution in [3.8, 4) is 0 Å². The molecule has 0 spiro atoms. The number of rotatable bonds is 0. The minimum atomic E-state index is -1.85. The zero-order chi connectivity index (χ0) is 8.77. The molecule has 0 aromatic rings. The second-order valence-corrected chi connectivity index (χ2v) is 8.27. The number of allylic oxidation sites excluding steroid dienone is 2. The molecule has 68 valence electrons. The van der Waals surface area contributed by atoms with Crippen LogP contribution in [-0.4, -0.2) is 18.5 Å². The molecule has 1 aliphatic carbocycles. The molecular formula is C9H14BrOP. The molecular weight excluding hydrogens is 235 g/mol. The van der Waals surface area contributed by atoms with Crippen molar-refractivity contribution >= 4 is 23.1 Å². The largest absolute Gasteiger partial charge is 0.323 e. The molecule has 3 heteroatoms. The quantitative estimate of drug-likeness (QED) is 0.599. The van der Waals surface area contributed by atoms with Crippen LogP contribution < -0.4 is 0 Å². The van der Waals surface area contributed by atoms with Gasteiger partial charge in [-0.1, -0.05) is 22.4 Å². The van der Waals surface area contributed by atoms with E-state index in [-0.39, 0.29) is 0 Å². The Bertz CT molecular complexity index is 282. The highest BCUT2D eigenvalue weighted by Gasteiger charge is 2.39. The summed E-state index contributed by atoms with van der Waals surface area (Å²) in [5.41, 5.74) is 1.92. The van der Waals surface area contributed by atoms with Gasteiger partial charge in [-0.15, -0.1) is 0 Å². The third-order valence-electron chi connectivity index (χ3n) is 3.04. The summed E-state index contributed by atoms with van der Waals surface area (Å²) >= 11 is 3.56. The Morgan fingerprint density at radius 2 is 2.25 bits per heavy atom. The smallest absolute Gasteiger partial charge is 0.0963 e. The van der Waals surface area contributed by atoms with Crippen LogP contribution in [-0.2, 0) is 4.57 Å². The number of hydrogen-bond acceptors (Lipinski definition) is 1. The van der Waals surface area contributed by atoms with E-state index in [2.05, 4.69) is 15.9 Å². The van der Waals surface area contributed by atoms with Gasteiger partial charge in [-0.05, 0) is 31.5 Å². The fourth-order valence-electron chi connectivity index (χ4n) is 2.40. The second kappa shape index (κ2) is 2.99. The normalized spacial score (nSPS) is 41.7. The van der Waals surface area contributed by atoms with Crippen LogP contribution in [0.1, 0.15) is 25.7 Å². The monoisotopic (exact) mass is 248 g/mol. The molecule has 0 unspecified atom stereocenters. The van der Waals surface area contributed by atoms with Crippen LogP contribution in [0.25, 0.3) is 0 Å². The average molecular weight is 249 g/mol. The van der Waals surface area contributed by atoms with Gasteiger partial charge in [0.15, 0.2) is 0 Å². The number of hydrogen-bond donors (Lipinski definition) is 0. The highest BCUT2D eigenvalue weighted by atomic mass is 79.9. The number of halogens is 1. The van der Waals surface area contributed by atoms with Crippen molar-refractivity contribution in [2.24, 2.45) is 0 Å². The molecule has 2 atom stereocenters. The van der Waals surface area contributed by atoms with E-state index in [1.54, 1.807) is 0 Å². The molecule has 1 fully saturated rings. The Morgan fingerprint density at radius 3 is 2.92 bits per heavy atom. The van der Waals surface area contributed by atoms with Gasteiger partial charge in [0.25, 0.3) is 0 Å². The molecule has 1 nitrogen and oxygen atoms in total. The summed E-state index contributed by atoms with van der Waals surface area (Å²) in [7, 11) is -1.85. The summed E-state index contributed by atoms with van der Waals surface area (Å²) in [4.78, 5) is 0. The lowest BCUT2D eigenvalue weighted by molar-refractivity contribution is 0.552. The zero-order valence-electron chi connectivity index (χ0n) is 7.35. The minimum Gasteiger partial charge on any atom is -0.323 e. The Kier molecular flexibility index (Phi) is 2.25. The van der Waals surface area contributed by atoms with Crippen LogP contribution in [0, 0.1) is 0 Å². The van der Waals surface area contributed by atoms with Crippen molar-refractivity contribution in [2.45, 2.75) is 31.3 Å². The highest BCUT2D eigenvalue weighted by molar-refractivity contribution is 9.11. The maximum atomic E-state index is 12.1. The minimum absolute atomic E-state index is 0.445. The Labute approximate surface area is 82.1 Å². The Hall–Kier alpha value is 0.450. The van der Waals surface area contributed by atoms with E-state index >= 15 is 0 Å². The lowest BCUT2D eigenvalue weighted by Crippen LogP contribution is -2.12. The molecule has 2 aliphatic rings. The van der Waals surface area contributed by atoms with Crippen LogP contribution in [0.3, 0.4) is 0 Å². The SMILES string of the molecule is C[P@@]1(=O)CC(Br)=C2CCCC[C@@H]21. The molecule has 0 aromatic heterocycles. The fourth-order valence-corrected chi connectivity index (χ4v) is 7.19. The molecule has 0 amide bonds. The van der Waals surface area contributed by atoms with Crippen molar-refractivity contribution in [3.05, 3.63) is 10.1 Å². The third kappa shape index (κ3) is 1.33. The van der Waals surface area contributed by atoms with E-state index < -0.39 is 7.14 Å². The van der Waals surface area contributed by atoms with Gasteiger partial charge in [0.2, 0.25) is 0 Å². The molecule has 2 rings (SSSR count). The zero-order valence-corrected chi connectivity index (χ0v) is 9.83. The predicted octanol–water partition coefficient (Wildman–Crippen LogP) is 3.58. The van der Waals surface area contributed by atoms with Gasteiger partial charge in [-0.25, -0.2) is 0 Å². The van der Waals surface area contributed by atoms with Crippen LogP contribution in [0.15, 0.2) is 10.1 Å². The lowest BCUT2D eigenvalue weighted by Gasteiger charge is -2.24. The summed E-state index contributed by atoms with van der Waals surface area (Å²) < 4.78 is 13.4. The first-order valence-electron chi connectivity index (χ1n) is 4.55. The van der Waals surface area contributed by atoms with E-state index in [9.17, 15) is 4.57 Å². The van der Waals surface area contributed by atoms with Crippen LogP contribution in [0.4, 0.5) is 0 Å². The Morgan fingerprint density at radius 1 is 1.50 bits per heavy atom. The standard InChI is InChI=1S/C9H14BrOP/c1-12(11)6-8(10)7-4-2-3-5-9(7)12/h9H,2-6H2,1H3/t9-,12+/m0/s1. The maximum Gasteiger partial charge on any atom is 0.0963 e. The predicted molar refractivity (Wildman–Crippen MR) is 56.6 cm³/mol. The van der Waals surface area contributed by atoms with E-state index in [1.807, 2.05) is 6.66 Å².